The van der Waals surface area contributed by atoms with Crippen LogP contribution in [-0.4, -0.2) is 9.97 Å². The molecule has 0 unspecified atom stereocenters. The van der Waals surface area contributed by atoms with Gasteiger partial charge < -0.3 is 0 Å². The quantitative estimate of drug-likeness (QED) is 0.667. The van der Waals surface area contributed by atoms with E-state index >= 15 is 0 Å². The van der Waals surface area contributed by atoms with Gasteiger partial charge in [0.2, 0.25) is 0 Å². The third-order valence-corrected chi connectivity index (χ3v) is 3.54. The summed E-state index contributed by atoms with van der Waals surface area (Å²) in [7, 11) is 0. The highest BCUT2D eigenvalue weighted by atomic mass is 14.7. The monoisotopic (exact) mass is 262 g/mol. The number of benzene rings is 1. The first-order chi connectivity index (χ1) is 9.63. The molecule has 0 amide bonds. The van der Waals surface area contributed by atoms with Gasteiger partial charge in [-0.05, 0) is 42.7 Å². The molecule has 2 aromatic heterocycles. The maximum absolute atomic E-state index is 4.53. The minimum atomic E-state index is 0.466. The predicted molar refractivity (Wildman–Crippen MR) is 83.8 cm³/mol. The molecule has 0 saturated heterocycles. The number of pyridine rings is 2. The van der Waals surface area contributed by atoms with Crippen molar-refractivity contribution >= 4 is 10.9 Å². The zero-order valence-corrected chi connectivity index (χ0v) is 12.1. The van der Waals surface area contributed by atoms with E-state index in [-0.39, 0.29) is 0 Å². The van der Waals surface area contributed by atoms with Gasteiger partial charge in [0, 0.05) is 28.5 Å². The standard InChI is InChI=1S/C18H18N2/c1-12(2)17-8-7-16(11-19-17)14-6-9-18-15(10-14)5-4-13(3)20-18/h4-12H,1-3H3. The third-order valence-electron chi connectivity index (χ3n) is 3.54. The van der Waals surface area contributed by atoms with Crippen LogP contribution in [0.25, 0.3) is 22.0 Å². The van der Waals surface area contributed by atoms with E-state index in [0.717, 1.165) is 22.5 Å². The van der Waals surface area contributed by atoms with E-state index in [9.17, 15) is 0 Å². The Morgan fingerprint density at radius 3 is 2.40 bits per heavy atom. The fraction of sp³-hybridized carbons (Fsp3) is 0.222. The van der Waals surface area contributed by atoms with Crippen molar-refractivity contribution in [2.45, 2.75) is 26.7 Å². The van der Waals surface area contributed by atoms with E-state index in [1.165, 1.54) is 10.9 Å². The van der Waals surface area contributed by atoms with Crippen molar-refractivity contribution < 1.29 is 0 Å². The van der Waals surface area contributed by atoms with E-state index in [2.05, 4.69) is 60.2 Å². The maximum Gasteiger partial charge on any atom is 0.0705 e. The number of hydrogen-bond donors (Lipinski definition) is 0. The highest BCUT2D eigenvalue weighted by molar-refractivity contribution is 5.84. The molecule has 0 spiro atoms. The van der Waals surface area contributed by atoms with Gasteiger partial charge in [0.15, 0.2) is 0 Å². The lowest BCUT2D eigenvalue weighted by atomic mass is 10.0. The average molecular weight is 262 g/mol. The van der Waals surface area contributed by atoms with E-state index in [1.807, 2.05) is 19.2 Å². The molecule has 2 heteroatoms. The second kappa shape index (κ2) is 5.04. The van der Waals surface area contributed by atoms with Gasteiger partial charge in [-0.2, -0.15) is 0 Å². The smallest absolute Gasteiger partial charge is 0.0705 e. The minimum absolute atomic E-state index is 0.466. The first kappa shape index (κ1) is 12.8. The van der Waals surface area contributed by atoms with Gasteiger partial charge in [-0.1, -0.05) is 32.0 Å². The molecule has 3 rings (SSSR count). The molecule has 0 aliphatic heterocycles. The molecule has 0 atom stereocenters. The molecule has 2 nitrogen and oxygen atoms in total. The van der Waals surface area contributed by atoms with Crippen LogP contribution in [0.4, 0.5) is 0 Å². The number of fused-ring (bicyclic) bond motifs is 1. The fourth-order valence-corrected chi connectivity index (χ4v) is 2.32. The molecule has 0 saturated carbocycles. The molecule has 100 valence electrons. The maximum atomic E-state index is 4.53. The number of rotatable bonds is 2. The molecule has 0 radical (unpaired) electrons. The molecule has 3 aromatic rings. The van der Waals surface area contributed by atoms with Crippen LogP contribution in [0.2, 0.25) is 0 Å². The summed E-state index contributed by atoms with van der Waals surface area (Å²) in [6, 6.07) is 14.8. The van der Waals surface area contributed by atoms with Crippen molar-refractivity contribution in [3.05, 3.63) is 60.0 Å². The normalized spacial score (nSPS) is 11.2. The average Bonchev–Trinajstić information content (AvgIpc) is 2.47. The van der Waals surface area contributed by atoms with Gasteiger partial charge in [0.05, 0.1) is 5.52 Å². The second-order valence-electron chi connectivity index (χ2n) is 5.49. The van der Waals surface area contributed by atoms with Crippen LogP contribution in [0.1, 0.15) is 31.2 Å². The summed E-state index contributed by atoms with van der Waals surface area (Å²) in [4.78, 5) is 9.07. The summed E-state index contributed by atoms with van der Waals surface area (Å²) in [6.45, 7) is 6.33. The van der Waals surface area contributed by atoms with Gasteiger partial charge in [0.25, 0.3) is 0 Å². The Hall–Kier alpha value is -2.22. The van der Waals surface area contributed by atoms with Crippen LogP contribution in [0.5, 0.6) is 0 Å². The molecule has 1 aromatic carbocycles. The zero-order valence-electron chi connectivity index (χ0n) is 12.1. The largest absolute Gasteiger partial charge is 0.260 e. The molecule has 2 heterocycles. The Kier molecular flexibility index (Phi) is 3.23. The van der Waals surface area contributed by atoms with E-state index in [1.54, 1.807) is 0 Å². The summed E-state index contributed by atoms with van der Waals surface area (Å²) in [6.07, 6.45) is 1.96. The molecule has 20 heavy (non-hydrogen) atoms. The van der Waals surface area contributed by atoms with Gasteiger partial charge >= 0.3 is 0 Å². The lowest BCUT2D eigenvalue weighted by Gasteiger charge is -2.07. The van der Waals surface area contributed by atoms with E-state index < -0.39 is 0 Å². The molecule has 0 N–H and O–H groups in total. The van der Waals surface area contributed by atoms with Crippen molar-refractivity contribution in [2.24, 2.45) is 0 Å². The topological polar surface area (TPSA) is 25.8 Å². The number of nitrogens with zero attached hydrogens (tertiary/aromatic N) is 2. The summed E-state index contributed by atoms with van der Waals surface area (Å²) in [5.41, 5.74) is 5.56. The van der Waals surface area contributed by atoms with Crippen LogP contribution in [0.3, 0.4) is 0 Å². The van der Waals surface area contributed by atoms with Crippen LogP contribution in [0, 0.1) is 6.92 Å². The van der Waals surface area contributed by atoms with Crippen molar-refractivity contribution in [2.75, 3.05) is 0 Å². The van der Waals surface area contributed by atoms with Crippen molar-refractivity contribution in [1.82, 2.24) is 9.97 Å². The number of aryl methyl sites for hydroxylation is 1. The molecular formula is C18H18N2. The zero-order chi connectivity index (χ0) is 14.1. The first-order valence-electron chi connectivity index (χ1n) is 6.97. The second-order valence-corrected chi connectivity index (χ2v) is 5.49. The Labute approximate surface area is 119 Å². The van der Waals surface area contributed by atoms with Crippen molar-refractivity contribution in [1.29, 1.82) is 0 Å². The highest BCUT2D eigenvalue weighted by Gasteiger charge is 2.04. The fourth-order valence-electron chi connectivity index (χ4n) is 2.32. The molecule has 0 aliphatic rings. The van der Waals surface area contributed by atoms with Crippen LogP contribution >= 0.6 is 0 Å². The Morgan fingerprint density at radius 2 is 1.70 bits per heavy atom. The highest BCUT2D eigenvalue weighted by Crippen LogP contribution is 2.24. The lowest BCUT2D eigenvalue weighted by Crippen LogP contribution is -1.92. The number of aromatic nitrogens is 2. The van der Waals surface area contributed by atoms with Gasteiger partial charge in [-0.15, -0.1) is 0 Å². The van der Waals surface area contributed by atoms with Gasteiger partial charge in [-0.3, -0.25) is 9.97 Å². The number of hydrogen-bond acceptors (Lipinski definition) is 2. The molecule has 0 fully saturated rings. The Bertz CT molecular complexity index is 743. The van der Waals surface area contributed by atoms with Gasteiger partial charge in [0.1, 0.15) is 0 Å². The lowest BCUT2D eigenvalue weighted by molar-refractivity contribution is 0.823. The summed E-state index contributed by atoms with van der Waals surface area (Å²) in [5, 5.41) is 1.17. The minimum Gasteiger partial charge on any atom is -0.260 e. The van der Waals surface area contributed by atoms with Crippen LogP contribution in [-0.2, 0) is 0 Å². The van der Waals surface area contributed by atoms with E-state index in [4.69, 9.17) is 0 Å². The summed E-state index contributed by atoms with van der Waals surface area (Å²) >= 11 is 0. The van der Waals surface area contributed by atoms with E-state index in [0.29, 0.717) is 5.92 Å². The third kappa shape index (κ3) is 2.42. The molecule has 0 aliphatic carbocycles. The SMILES string of the molecule is Cc1ccc2cc(-c3ccc(C(C)C)nc3)ccc2n1. The van der Waals surface area contributed by atoms with Crippen molar-refractivity contribution in [3.8, 4) is 11.1 Å². The van der Waals surface area contributed by atoms with Crippen molar-refractivity contribution in [3.63, 3.8) is 0 Å². The van der Waals surface area contributed by atoms with Crippen LogP contribution in [0.15, 0.2) is 48.7 Å². The first-order valence-corrected chi connectivity index (χ1v) is 6.97. The summed E-state index contributed by atoms with van der Waals surface area (Å²) in [5.74, 6) is 0.466. The van der Waals surface area contributed by atoms with Crippen LogP contribution < -0.4 is 0 Å². The summed E-state index contributed by atoms with van der Waals surface area (Å²) < 4.78 is 0. The predicted octanol–water partition coefficient (Wildman–Crippen LogP) is 4.73. The molecular weight excluding hydrogens is 244 g/mol. The Morgan fingerprint density at radius 1 is 0.900 bits per heavy atom. The van der Waals surface area contributed by atoms with Gasteiger partial charge in [-0.25, -0.2) is 0 Å². The molecule has 0 bridgehead atoms. The Balaban J connectivity index is 2.03.